The monoisotopic (exact) mass is 476 g/mol. The Kier molecular flexibility index (Phi) is 5.71. The molecule has 0 unspecified atom stereocenters. The Morgan fingerprint density at radius 2 is 1.00 bits per heavy atom. The standard InChI is InChI=1S/C26H15Cl3N2O/c27-19-7-1-16(2-8-19)23-15-22(26(31-30-23)18-5-11-21(29)12-6-18)25-14-13-24(32-25)17-3-9-20(28)10-4-17/h1-15H. The van der Waals surface area contributed by atoms with E-state index >= 15 is 0 Å². The summed E-state index contributed by atoms with van der Waals surface area (Å²) in [5, 5.41) is 11.0. The summed E-state index contributed by atoms with van der Waals surface area (Å²) in [7, 11) is 0. The Balaban J connectivity index is 1.64. The van der Waals surface area contributed by atoms with Crippen LogP contribution in [0.4, 0.5) is 0 Å². The zero-order valence-corrected chi connectivity index (χ0v) is 18.9. The fourth-order valence-corrected chi connectivity index (χ4v) is 3.79. The first-order valence-corrected chi connectivity index (χ1v) is 11.0. The van der Waals surface area contributed by atoms with Crippen LogP contribution in [0.1, 0.15) is 0 Å². The highest BCUT2D eigenvalue weighted by Crippen LogP contribution is 2.36. The highest BCUT2D eigenvalue weighted by Gasteiger charge is 2.16. The minimum absolute atomic E-state index is 0.657. The van der Waals surface area contributed by atoms with E-state index < -0.39 is 0 Å². The summed E-state index contributed by atoms with van der Waals surface area (Å²) in [5.74, 6) is 1.42. The van der Waals surface area contributed by atoms with Gasteiger partial charge in [0, 0.05) is 37.3 Å². The molecule has 0 aliphatic carbocycles. The van der Waals surface area contributed by atoms with Crippen molar-refractivity contribution in [3.8, 4) is 45.2 Å². The Morgan fingerprint density at radius 1 is 0.500 bits per heavy atom. The maximum atomic E-state index is 6.23. The molecule has 0 aliphatic rings. The fourth-order valence-electron chi connectivity index (χ4n) is 3.41. The van der Waals surface area contributed by atoms with Gasteiger partial charge in [0.15, 0.2) is 0 Å². The van der Waals surface area contributed by atoms with Gasteiger partial charge in [-0.3, -0.25) is 0 Å². The number of hydrogen-bond donors (Lipinski definition) is 0. The van der Waals surface area contributed by atoms with E-state index in [1.54, 1.807) is 0 Å². The van der Waals surface area contributed by atoms with Gasteiger partial charge in [-0.1, -0.05) is 59.1 Å². The van der Waals surface area contributed by atoms with Crippen molar-refractivity contribution in [2.75, 3.05) is 0 Å². The molecule has 0 saturated heterocycles. The van der Waals surface area contributed by atoms with Crippen LogP contribution in [0.5, 0.6) is 0 Å². The molecule has 0 N–H and O–H groups in total. The minimum atomic E-state index is 0.657. The molecule has 0 fully saturated rings. The van der Waals surface area contributed by atoms with Crippen LogP contribution in [0.25, 0.3) is 45.2 Å². The van der Waals surface area contributed by atoms with Crippen molar-refractivity contribution in [2.45, 2.75) is 0 Å². The number of aromatic nitrogens is 2. The minimum Gasteiger partial charge on any atom is -0.456 e. The second-order valence-electron chi connectivity index (χ2n) is 7.18. The first-order valence-electron chi connectivity index (χ1n) is 9.82. The molecule has 0 radical (unpaired) electrons. The third-order valence-corrected chi connectivity index (χ3v) is 5.81. The molecule has 0 bridgehead atoms. The maximum Gasteiger partial charge on any atom is 0.137 e. The molecule has 2 heterocycles. The summed E-state index contributed by atoms with van der Waals surface area (Å²) < 4.78 is 6.23. The van der Waals surface area contributed by atoms with Gasteiger partial charge in [0.25, 0.3) is 0 Å². The number of nitrogens with zero attached hydrogens (tertiary/aromatic N) is 2. The van der Waals surface area contributed by atoms with Crippen molar-refractivity contribution in [3.63, 3.8) is 0 Å². The topological polar surface area (TPSA) is 38.9 Å². The van der Waals surface area contributed by atoms with Crippen molar-refractivity contribution in [1.82, 2.24) is 10.2 Å². The van der Waals surface area contributed by atoms with E-state index in [2.05, 4.69) is 10.2 Å². The SMILES string of the molecule is Clc1ccc(-c2cc(-c3ccc(-c4ccc(Cl)cc4)o3)c(-c3ccc(Cl)cc3)nn2)cc1. The van der Waals surface area contributed by atoms with Crippen molar-refractivity contribution in [2.24, 2.45) is 0 Å². The molecule has 5 rings (SSSR count). The molecule has 3 aromatic carbocycles. The quantitative estimate of drug-likeness (QED) is 0.260. The van der Waals surface area contributed by atoms with Gasteiger partial charge >= 0.3 is 0 Å². The second-order valence-corrected chi connectivity index (χ2v) is 8.49. The molecule has 0 atom stereocenters. The van der Waals surface area contributed by atoms with Gasteiger partial charge in [-0.25, -0.2) is 0 Å². The van der Waals surface area contributed by atoms with Crippen LogP contribution < -0.4 is 0 Å². The number of furan rings is 1. The molecule has 2 aromatic heterocycles. The van der Waals surface area contributed by atoms with Crippen LogP contribution in [-0.2, 0) is 0 Å². The summed E-state index contributed by atoms with van der Waals surface area (Å²) in [6.07, 6.45) is 0. The van der Waals surface area contributed by atoms with E-state index in [9.17, 15) is 0 Å². The van der Waals surface area contributed by atoms with E-state index in [0.29, 0.717) is 26.5 Å². The molecular weight excluding hydrogens is 463 g/mol. The smallest absolute Gasteiger partial charge is 0.137 e. The van der Waals surface area contributed by atoms with Gasteiger partial charge in [0.2, 0.25) is 0 Å². The lowest BCUT2D eigenvalue weighted by Gasteiger charge is -2.09. The van der Waals surface area contributed by atoms with Crippen molar-refractivity contribution in [1.29, 1.82) is 0 Å². The Bertz CT molecular complexity index is 1380. The number of hydrogen-bond acceptors (Lipinski definition) is 3. The average Bonchev–Trinajstić information content (AvgIpc) is 3.30. The molecule has 0 amide bonds. The van der Waals surface area contributed by atoms with Crippen molar-refractivity contribution in [3.05, 3.63) is 106 Å². The normalized spacial score (nSPS) is 11.0. The van der Waals surface area contributed by atoms with Gasteiger partial charge in [-0.05, 0) is 66.7 Å². The van der Waals surface area contributed by atoms with Crippen LogP contribution in [-0.4, -0.2) is 10.2 Å². The Morgan fingerprint density at radius 3 is 1.59 bits per heavy atom. The van der Waals surface area contributed by atoms with Crippen LogP contribution in [0.2, 0.25) is 15.1 Å². The van der Waals surface area contributed by atoms with E-state index in [1.165, 1.54) is 0 Å². The summed E-state index contributed by atoms with van der Waals surface area (Å²) in [5.41, 5.74) is 5.00. The van der Waals surface area contributed by atoms with E-state index in [4.69, 9.17) is 39.2 Å². The second kappa shape index (κ2) is 8.79. The van der Waals surface area contributed by atoms with Crippen molar-refractivity contribution < 1.29 is 4.42 Å². The van der Waals surface area contributed by atoms with Crippen LogP contribution in [0.3, 0.4) is 0 Å². The largest absolute Gasteiger partial charge is 0.456 e. The van der Waals surface area contributed by atoms with Gasteiger partial charge in [-0.2, -0.15) is 0 Å². The lowest BCUT2D eigenvalue weighted by atomic mass is 10.0. The summed E-state index contributed by atoms with van der Waals surface area (Å²) in [6, 6.07) is 28.4. The van der Waals surface area contributed by atoms with Gasteiger partial charge in [0.1, 0.15) is 17.2 Å². The lowest BCUT2D eigenvalue weighted by molar-refractivity contribution is 0.597. The molecule has 156 valence electrons. The molecule has 5 aromatic rings. The van der Waals surface area contributed by atoms with Crippen molar-refractivity contribution >= 4 is 34.8 Å². The zero-order chi connectivity index (χ0) is 22.1. The molecule has 0 saturated carbocycles. The summed E-state index contributed by atoms with van der Waals surface area (Å²) in [4.78, 5) is 0. The fraction of sp³-hybridized carbons (Fsp3) is 0. The third kappa shape index (κ3) is 4.28. The first kappa shape index (κ1) is 20.8. The Hall–Kier alpha value is -3.11. The predicted octanol–water partition coefficient (Wildman–Crippen LogP) is 8.70. The Labute approximate surface area is 200 Å². The molecule has 0 spiro atoms. The molecule has 32 heavy (non-hydrogen) atoms. The highest BCUT2D eigenvalue weighted by molar-refractivity contribution is 6.31. The van der Waals surface area contributed by atoms with E-state index in [1.807, 2.05) is 91.0 Å². The highest BCUT2D eigenvalue weighted by atomic mass is 35.5. The van der Waals surface area contributed by atoms with Crippen LogP contribution in [0, 0.1) is 0 Å². The number of rotatable bonds is 4. The maximum absolute atomic E-state index is 6.23. The third-order valence-electron chi connectivity index (χ3n) is 5.05. The average molecular weight is 478 g/mol. The number of benzene rings is 3. The molecule has 3 nitrogen and oxygen atoms in total. The molecule has 0 aliphatic heterocycles. The zero-order valence-electron chi connectivity index (χ0n) is 16.6. The van der Waals surface area contributed by atoms with Crippen LogP contribution >= 0.6 is 34.8 Å². The van der Waals surface area contributed by atoms with Crippen LogP contribution in [0.15, 0.2) is 95.4 Å². The van der Waals surface area contributed by atoms with Gasteiger partial charge < -0.3 is 4.42 Å². The number of halogens is 3. The summed E-state index contributed by atoms with van der Waals surface area (Å²) >= 11 is 18.1. The predicted molar refractivity (Wildman–Crippen MR) is 131 cm³/mol. The van der Waals surface area contributed by atoms with E-state index in [0.717, 1.165) is 33.7 Å². The molecule has 6 heteroatoms. The van der Waals surface area contributed by atoms with E-state index in [-0.39, 0.29) is 0 Å². The lowest BCUT2D eigenvalue weighted by Crippen LogP contribution is -1.95. The summed E-state index contributed by atoms with van der Waals surface area (Å²) in [6.45, 7) is 0. The first-order chi connectivity index (χ1) is 15.6. The molecular formula is C26H15Cl3N2O. The van der Waals surface area contributed by atoms with Gasteiger partial charge in [0.05, 0.1) is 5.69 Å². The van der Waals surface area contributed by atoms with Gasteiger partial charge in [-0.15, -0.1) is 10.2 Å².